The molecule has 0 aliphatic carbocycles. The van der Waals surface area contributed by atoms with E-state index in [1.165, 1.54) is 23.3 Å². The number of nitrogens with zero attached hydrogens (tertiary/aromatic N) is 2. The summed E-state index contributed by atoms with van der Waals surface area (Å²) in [7, 11) is 3.87. The minimum absolute atomic E-state index is 0. The predicted octanol–water partition coefficient (Wildman–Crippen LogP) is 4.15. The van der Waals surface area contributed by atoms with Gasteiger partial charge >= 0.3 is 0 Å². The van der Waals surface area contributed by atoms with Crippen LogP contribution in [0.5, 0.6) is 0 Å². The molecule has 0 heterocycles. The van der Waals surface area contributed by atoms with E-state index in [4.69, 9.17) is 0 Å². The standard InChI is InChI=1S/C21H29FN4.HI/c1-16(2)26(4)15-19-10-6-5-9-18(19)14-25-21(23-3)24-13-17-8-7-11-20(22)12-17;/h5-12,16H,13-15H2,1-4H3,(H2,23,24,25);1H. The molecule has 2 N–H and O–H groups in total. The summed E-state index contributed by atoms with van der Waals surface area (Å²) >= 11 is 0. The molecule has 2 aromatic rings. The van der Waals surface area contributed by atoms with E-state index in [-0.39, 0.29) is 29.8 Å². The van der Waals surface area contributed by atoms with Gasteiger partial charge in [-0.2, -0.15) is 0 Å². The van der Waals surface area contributed by atoms with Crippen molar-refractivity contribution in [3.8, 4) is 0 Å². The van der Waals surface area contributed by atoms with E-state index in [0.717, 1.165) is 12.1 Å². The minimum atomic E-state index is -0.226. The second-order valence-corrected chi connectivity index (χ2v) is 6.69. The molecule has 0 saturated carbocycles. The average molecular weight is 484 g/mol. The van der Waals surface area contributed by atoms with E-state index in [0.29, 0.717) is 25.1 Å². The van der Waals surface area contributed by atoms with Gasteiger partial charge in [-0.15, -0.1) is 24.0 Å². The average Bonchev–Trinajstić information content (AvgIpc) is 2.63. The predicted molar refractivity (Wildman–Crippen MR) is 122 cm³/mol. The Labute approximate surface area is 179 Å². The summed E-state index contributed by atoms with van der Waals surface area (Å²) in [4.78, 5) is 6.57. The molecule has 2 rings (SSSR count). The minimum Gasteiger partial charge on any atom is -0.352 e. The zero-order valence-electron chi connectivity index (χ0n) is 16.5. The maximum Gasteiger partial charge on any atom is 0.191 e. The van der Waals surface area contributed by atoms with Gasteiger partial charge in [0.15, 0.2) is 5.96 Å². The Morgan fingerprint density at radius 2 is 1.70 bits per heavy atom. The van der Waals surface area contributed by atoms with Crippen molar-refractivity contribution in [3.05, 3.63) is 71.0 Å². The Hall–Kier alpha value is -1.67. The fraction of sp³-hybridized carbons (Fsp3) is 0.381. The molecule has 0 saturated heterocycles. The van der Waals surface area contributed by atoms with Crippen molar-refractivity contribution in [1.82, 2.24) is 15.5 Å². The fourth-order valence-corrected chi connectivity index (χ4v) is 2.57. The van der Waals surface area contributed by atoms with Crippen molar-refractivity contribution < 1.29 is 4.39 Å². The number of aliphatic imine (C=N–C) groups is 1. The Morgan fingerprint density at radius 3 is 2.33 bits per heavy atom. The zero-order chi connectivity index (χ0) is 18.9. The van der Waals surface area contributed by atoms with E-state index in [2.05, 4.69) is 65.7 Å². The van der Waals surface area contributed by atoms with Crippen LogP contribution < -0.4 is 10.6 Å². The first kappa shape index (κ1) is 23.4. The van der Waals surface area contributed by atoms with Crippen LogP contribution in [-0.2, 0) is 19.6 Å². The van der Waals surface area contributed by atoms with Crippen molar-refractivity contribution in [3.63, 3.8) is 0 Å². The first-order valence-electron chi connectivity index (χ1n) is 8.95. The number of guanidine groups is 1. The Bertz CT molecular complexity index is 734. The van der Waals surface area contributed by atoms with Gasteiger partial charge in [-0.05, 0) is 49.7 Å². The van der Waals surface area contributed by atoms with Crippen molar-refractivity contribution >= 4 is 29.9 Å². The molecule has 0 atom stereocenters. The lowest BCUT2D eigenvalue weighted by molar-refractivity contribution is 0.265. The highest BCUT2D eigenvalue weighted by atomic mass is 127. The Kier molecular flexibility index (Phi) is 10.3. The molecular weight excluding hydrogens is 454 g/mol. The number of hydrogen-bond donors (Lipinski definition) is 2. The number of nitrogens with one attached hydrogen (secondary N) is 2. The van der Waals surface area contributed by atoms with Crippen molar-refractivity contribution in [2.24, 2.45) is 4.99 Å². The summed E-state index contributed by atoms with van der Waals surface area (Å²) in [6.45, 7) is 6.50. The number of halogens is 2. The van der Waals surface area contributed by atoms with E-state index in [1.54, 1.807) is 13.1 Å². The largest absolute Gasteiger partial charge is 0.352 e. The molecule has 0 bridgehead atoms. The molecule has 2 aromatic carbocycles. The van der Waals surface area contributed by atoms with Crippen LogP contribution in [-0.4, -0.2) is 31.0 Å². The molecule has 0 aliphatic heterocycles. The van der Waals surface area contributed by atoms with E-state index in [9.17, 15) is 4.39 Å². The van der Waals surface area contributed by atoms with Crippen molar-refractivity contribution in [2.45, 2.75) is 39.5 Å². The van der Waals surface area contributed by atoms with Crippen LogP contribution in [0.1, 0.15) is 30.5 Å². The van der Waals surface area contributed by atoms with E-state index < -0.39 is 0 Å². The highest BCUT2D eigenvalue weighted by molar-refractivity contribution is 14.0. The van der Waals surface area contributed by atoms with Crippen LogP contribution in [0.3, 0.4) is 0 Å². The smallest absolute Gasteiger partial charge is 0.191 e. The molecule has 0 unspecified atom stereocenters. The highest BCUT2D eigenvalue weighted by Gasteiger charge is 2.08. The van der Waals surface area contributed by atoms with E-state index in [1.807, 2.05) is 6.07 Å². The third-order valence-corrected chi connectivity index (χ3v) is 4.44. The van der Waals surface area contributed by atoms with Crippen LogP contribution in [0.2, 0.25) is 0 Å². The number of hydrogen-bond acceptors (Lipinski definition) is 2. The number of rotatable bonds is 7. The lowest BCUT2D eigenvalue weighted by Crippen LogP contribution is -2.36. The second-order valence-electron chi connectivity index (χ2n) is 6.69. The molecule has 148 valence electrons. The van der Waals surface area contributed by atoms with Crippen molar-refractivity contribution in [1.29, 1.82) is 0 Å². The van der Waals surface area contributed by atoms with Crippen LogP contribution in [0.15, 0.2) is 53.5 Å². The molecule has 0 spiro atoms. The SMILES string of the molecule is CN=C(NCc1cccc(F)c1)NCc1ccccc1CN(C)C(C)C.I. The quantitative estimate of drug-likeness (QED) is 0.353. The summed E-state index contributed by atoms with van der Waals surface area (Å²) in [5, 5.41) is 6.56. The lowest BCUT2D eigenvalue weighted by atomic mass is 10.1. The van der Waals surface area contributed by atoms with Gasteiger partial charge in [0, 0.05) is 32.7 Å². The van der Waals surface area contributed by atoms with Gasteiger partial charge in [0.1, 0.15) is 5.82 Å². The number of benzene rings is 2. The molecule has 0 aromatic heterocycles. The first-order valence-corrected chi connectivity index (χ1v) is 8.95. The molecule has 0 fully saturated rings. The Morgan fingerprint density at radius 1 is 1.04 bits per heavy atom. The van der Waals surface area contributed by atoms with Gasteiger partial charge in [-0.3, -0.25) is 9.89 Å². The monoisotopic (exact) mass is 484 g/mol. The fourth-order valence-electron chi connectivity index (χ4n) is 2.57. The molecule has 0 amide bonds. The first-order chi connectivity index (χ1) is 12.5. The van der Waals surface area contributed by atoms with E-state index >= 15 is 0 Å². The summed E-state index contributed by atoms with van der Waals surface area (Å²) in [5.41, 5.74) is 3.43. The summed E-state index contributed by atoms with van der Waals surface area (Å²) < 4.78 is 13.3. The molecule has 0 radical (unpaired) electrons. The highest BCUT2D eigenvalue weighted by Crippen LogP contribution is 2.12. The van der Waals surface area contributed by atoms with Gasteiger partial charge in [0.2, 0.25) is 0 Å². The molecule has 27 heavy (non-hydrogen) atoms. The van der Waals surface area contributed by atoms with Crippen molar-refractivity contribution in [2.75, 3.05) is 14.1 Å². The summed E-state index contributed by atoms with van der Waals surface area (Å²) in [5.74, 6) is 0.469. The van der Waals surface area contributed by atoms with Gasteiger partial charge in [0.05, 0.1) is 0 Å². The topological polar surface area (TPSA) is 39.7 Å². The van der Waals surface area contributed by atoms with Gasteiger partial charge in [-0.25, -0.2) is 4.39 Å². The third kappa shape index (κ3) is 7.84. The molecular formula is C21H30FIN4. The summed E-state index contributed by atoms with van der Waals surface area (Å²) in [6, 6.07) is 15.5. The molecule has 4 nitrogen and oxygen atoms in total. The van der Waals surface area contributed by atoms with Gasteiger partial charge in [0.25, 0.3) is 0 Å². The third-order valence-electron chi connectivity index (χ3n) is 4.44. The van der Waals surface area contributed by atoms with Crippen LogP contribution in [0.25, 0.3) is 0 Å². The Balaban J connectivity index is 0.00000364. The lowest BCUT2D eigenvalue weighted by Gasteiger charge is -2.23. The summed E-state index contributed by atoms with van der Waals surface area (Å²) in [6.07, 6.45) is 0. The van der Waals surface area contributed by atoms with Crippen LogP contribution in [0.4, 0.5) is 4.39 Å². The van der Waals surface area contributed by atoms with Gasteiger partial charge < -0.3 is 10.6 Å². The molecule has 6 heteroatoms. The molecule has 0 aliphatic rings. The maximum absolute atomic E-state index is 13.3. The normalized spacial score (nSPS) is 11.4. The maximum atomic E-state index is 13.3. The van der Waals surface area contributed by atoms with Crippen LogP contribution in [0, 0.1) is 5.82 Å². The second kappa shape index (κ2) is 11.9. The van der Waals surface area contributed by atoms with Gasteiger partial charge in [-0.1, -0.05) is 36.4 Å². The van der Waals surface area contributed by atoms with Crippen LogP contribution >= 0.6 is 24.0 Å². The zero-order valence-corrected chi connectivity index (χ0v) is 18.8.